The molecule has 0 spiro atoms. The largest absolute Gasteiger partial charge is 0.461 e. The number of aromatic nitrogens is 3. The second-order valence-electron chi connectivity index (χ2n) is 6.29. The molecule has 4 rings (SSSR count). The third kappa shape index (κ3) is 3.88. The Morgan fingerprint density at radius 2 is 1.86 bits per heavy atom. The van der Waals surface area contributed by atoms with Crippen LogP contribution in [0.1, 0.15) is 33.5 Å². The zero-order chi connectivity index (χ0) is 20.2. The van der Waals surface area contributed by atoms with Crippen molar-refractivity contribution in [3.05, 3.63) is 77.6 Å². The van der Waals surface area contributed by atoms with Crippen LogP contribution in [0.15, 0.2) is 60.7 Å². The van der Waals surface area contributed by atoms with Gasteiger partial charge in [0, 0.05) is 29.0 Å². The molecule has 0 radical (unpaired) electrons. The van der Waals surface area contributed by atoms with E-state index < -0.39 is 5.97 Å². The SMILES string of the molecule is CCOC(=O)c1nnsc1NC(=O)c1cc2ccccc2n1Cc1ccccc1. The predicted molar refractivity (Wildman–Crippen MR) is 111 cm³/mol. The molecule has 0 aliphatic rings. The first-order valence-corrected chi connectivity index (χ1v) is 9.87. The molecule has 7 nitrogen and oxygen atoms in total. The van der Waals surface area contributed by atoms with E-state index in [1.54, 1.807) is 6.92 Å². The molecule has 0 aliphatic heterocycles. The number of nitrogens with one attached hydrogen (secondary N) is 1. The van der Waals surface area contributed by atoms with Gasteiger partial charge in [0.15, 0.2) is 5.00 Å². The highest BCUT2D eigenvalue weighted by Crippen LogP contribution is 2.24. The van der Waals surface area contributed by atoms with E-state index in [0.717, 1.165) is 28.0 Å². The fraction of sp³-hybridized carbons (Fsp3) is 0.143. The standard InChI is InChI=1S/C21H18N4O3S/c1-2-28-21(27)18-20(29-24-23-18)22-19(26)17-12-15-10-6-7-11-16(15)25(17)13-14-8-4-3-5-9-14/h3-12H,2,13H2,1H3,(H,22,26). The van der Waals surface area contributed by atoms with Crippen LogP contribution >= 0.6 is 11.5 Å². The highest BCUT2D eigenvalue weighted by molar-refractivity contribution is 7.10. The fourth-order valence-corrected chi connectivity index (χ4v) is 3.66. The van der Waals surface area contributed by atoms with Crippen molar-refractivity contribution in [1.82, 2.24) is 14.2 Å². The fourth-order valence-electron chi connectivity index (χ4n) is 3.11. The molecule has 0 atom stereocenters. The van der Waals surface area contributed by atoms with Crippen molar-refractivity contribution in [1.29, 1.82) is 0 Å². The van der Waals surface area contributed by atoms with Gasteiger partial charge in [-0.05, 0) is 24.6 Å². The molecule has 29 heavy (non-hydrogen) atoms. The first-order chi connectivity index (χ1) is 14.2. The van der Waals surface area contributed by atoms with Crippen LogP contribution in [0.5, 0.6) is 0 Å². The lowest BCUT2D eigenvalue weighted by Gasteiger charge is -2.11. The lowest BCUT2D eigenvalue weighted by atomic mass is 10.2. The van der Waals surface area contributed by atoms with E-state index in [0.29, 0.717) is 12.2 Å². The van der Waals surface area contributed by atoms with Crippen molar-refractivity contribution in [2.24, 2.45) is 0 Å². The van der Waals surface area contributed by atoms with Gasteiger partial charge in [-0.25, -0.2) is 4.79 Å². The summed E-state index contributed by atoms with van der Waals surface area (Å²) >= 11 is 0.940. The summed E-state index contributed by atoms with van der Waals surface area (Å²) in [4.78, 5) is 25.1. The molecule has 1 amide bonds. The Balaban J connectivity index is 1.69. The van der Waals surface area contributed by atoms with Crippen LogP contribution in [0.4, 0.5) is 5.00 Å². The molecule has 0 saturated carbocycles. The lowest BCUT2D eigenvalue weighted by molar-refractivity contribution is 0.0520. The molecule has 0 fully saturated rings. The Kier molecular flexibility index (Phi) is 5.35. The van der Waals surface area contributed by atoms with Gasteiger partial charge in [-0.15, -0.1) is 5.10 Å². The average Bonchev–Trinajstić information content (AvgIpc) is 3.34. The van der Waals surface area contributed by atoms with Gasteiger partial charge in [0.25, 0.3) is 5.91 Å². The summed E-state index contributed by atoms with van der Waals surface area (Å²) in [6.07, 6.45) is 0. The molecule has 1 N–H and O–H groups in total. The van der Waals surface area contributed by atoms with E-state index in [1.807, 2.05) is 65.2 Å². The van der Waals surface area contributed by atoms with Crippen LogP contribution in [0.2, 0.25) is 0 Å². The third-order valence-corrected chi connectivity index (χ3v) is 5.05. The van der Waals surface area contributed by atoms with Crippen LogP contribution in [-0.4, -0.2) is 32.6 Å². The highest BCUT2D eigenvalue weighted by atomic mass is 32.1. The van der Waals surface area contributed by atoms with Gasteiger partial charge in [-0.1, -0.05) is 53.0 Å². The number of benzene rings is 2. The summed E-state index contributed by atoms with van der Waals surface area (Å²) in [6, 6.07) is 19.6. The van der Waals surface area contributed by atoms with Crippen LogP contribution in [-0.2, 0) is 11.3 Å². The van der Waals surface area contributed by atoms with Gasteiger partial charge in [0.1, 0.15) is 5.69 Å². The Labute approximate surface area is 171 Å². The minimum atomic E-state index is -0.610. The molecule has 2 heterocycles. The normalized spacial score (nSPS) is 10.8. The number of esters is 1. The number of nitrogens with zero attached hydrogens (tertiary/aromatic N) is 3. The minimum absolute atomic E-state index is 0.0101. The van der Waals surface area contributed by atoms with E-state index in [9.17, 15) is 9.59 Å². The van der Waals surface area contributed by atoms with Gasteiger partial charge in [-0.3, -0.25) is 4.79 Å². The van der Waals surface area contributed by atoms with Crippen LogP contribution in [0.25, 0.3) is 10.9 Å². The number of hydrogen-bond acceptors (Lipinski definition) is 6. The van der Waals surface area contributed by atoms with Crippen molar-refractivity contribution in [3.63, 3.8) is 0 Å². The predicted octanol–water partition coefficient (Wildman–Crippen LogP) is 3.97. The van der Waals surface area contributed by atoms with E-state index in [2.05, 4.69) is 14.9 Å². The number of anilines is 1. The molecule has 8 heteroatoms. The van der Waals surface area contributed by atoms with E-state index in [4.69, 9.17) is 4.74 Å². The number of amides is 1. The Hall–Kier alpha value is -3.52. The third-order valence-electron chi connectivity index (χ3n) is 4.41. The maximum Gasteiger partial charge on any atom is 0.362 e. The number of carbonyl (C=O) groups excluding carboxylic acids is 2. The van der Waals surface area contributed by atoms with E-state index in [-0.39, 0.29) is 23.2 Å². The highest BCUT2D eigenvalue weighted by Gasteiger charge is 2.22. The minimum Gasteiger partial charge on any atom is -0.461 e. The summed E-state index contributed by atoms with van der Waals surface area (Å²) in [6.45, 7) is 2.47. The number of para-hydroxylation sites is 1. The molecule has 0 unspecified atom stereocenters. The molecule has 0 aliphatic carbocycles. The van der Waals surface area contributed by atoms with Gasteiger partial charge in [0.05, 0.1) is 6.61 Å². The number of hydrogen-bond donors (Lipinski definition) is 1. The zero-order valence-electron chi connectivity index (χ0n) is 15.7. The number of carbonyl (C=O) groups is 2. The summed E-state index contributed by atoms with van der Waals surface area (Å²) in [5, 5.41) is 7.78. The molecule has 2 aromatic carbocycles. The first kappa shape index (κ1) is 18.8. The number of rotatable bonds is 6. The summed E-state index contributed by atoms with van der Waals surface area (Å²) < 4.78 is 10.7. The van der Waals surface area contributed by atoms with Gasteiger partial charge in [-0.2, -0.15) is 0 Å². The lowest BCUT2D eigenvalue weighted by Crippen LogP contribution is -2.19. The van der Waals surface area contributed by atoms with Crippen molar-refractivity contribution < 1.29 is 14.3 Å². The van der Waals surface area contributed by atoms with Crippen molar-refractivity contribution in [3.8, 4) is 0 Å². The molecular weight excluding hydrogens is 388 g/mol. The summed E-state index contributed by atoms with van der Waals surface area (Å²) in [5.41, 5.74) is 2.53. The summed E-state index contributed by atoms with van der Waals surface area (Å²) in [5.74, 6) is -0.949. The maximum atomic E-state index is 13.1. The van der Waals surface area contributed by atoms with Crippen LogP contribution < -0.4 is 5.32 Å². The van der Waals surface area contributed by atoms with Gasteiger partial charge < -0.3 is 14.6 Å². The van der Waals surface area contributed by atoms with E-state index in [1.165, 1.54) is 0 Å². The molecule has 0 saturated heterocycles. The molecule has 0 bridgehead atoms. The molecular formula is C21H18N4O3S. The Morgan fingerprint density at radius 1 is 1.10 bits per heavy atom. The average molecular weight is 406 g/mol. The number of fused-ring (bicyclic) bond motifs is 1. The quantitative estimate of drug-likeness (QED) is 0.490. The monoisotopic (exact) mass is 406 g/mol. The van der Waals surface area contributed by atoms with Crippen molar-refractivity contribution >= 4 is 39.3 Å². The molecule has 146 valence electrons. The second kappa shape index (κ2) is 8.24. The Bertz CT molecular complexity index is 1170. The Morgan fingerprint density at radius 3 is 2.66 bits per heavy atom. The van der Waals surface area contributed by atoms with Crippen molar-refractivity contribution in [2.75, 3.05) is 11.9 Å². The van der Waals surface area contributed by atoms with Gasteiger partial charge in [0.2, 0.25) is 5.69 Å². The smallest absolute Gasteiger partial charge is 0.362 e. The van der Waals surface area contributed by atoms with Gasteiger partial charge >= 0.3 is 5.97 Å². The van der Waals surface area contributed by atoms with Crippen molar-refractivity contribution in [2.45, 2.75) is 13.5 Å². The molecule has 2 aromatic heterocycles. The molecule has 4 aromatic rings. The number of ether oxygens (including phenoxy) is 1. The first-order valence-electron chi connectivity index (χ1n) is 9.10. The second-order valence-corrected chi connectivity index (χ2v) is 7.04. The van der Waals surface area contributed by atoms with Crippen LogP contribution in [0.3, 0.4) is 0 Å². The summed E-state index contributed by atoms with van der Waals surface area (Å²) in [7, 11) is 0. The zero-order valence-corrected chi connectivity index (χ0v) is 16.5. The topological polar surface area (TPSA) is 86.1 Å². The van der Waals surface area contributed by atoms with E-state index >= 15 is 0 Å². The maximum absolute atomic E-state index is 13.1. The van der Waals surface area contributed by atoms with Crippen LogP contribution in [0, 0.1) is 0 Å².